The fourth-order valence-electron chi connectivity index (χ4n) is 7.33. The number of anilines is 2. The second-order valence-electron chi connectivity index (χ2n) is 15.6. The molecule has 0 aliphatic carbocycles. The Kier molecular flexibility index (Phi) is 14.6. The van der Waals surface area contributed by atoms with Gasteiger partial charge in [0.1, 0.15) is 10.6 Å². The van der Waals surface area contributed by atoms with Crippen LogP contribution in [-0.4, -0.2) is 101 Å². The van der Waals surface area contributed by atoms with Crippen molar-refractivity contribution >= 4 is 107 Å². The van der Waals surface area contributed by atoms with Gasteiger partial charge in [-0.15, -0.1) is 0 Å². The molecule has 9 aromatic rings. The number of aromatic nitrogens is 8. The zero-order chi connectivity index (χ0) is 51.2. The molecule has 7 N–H and O–H groups in total. The second-order valence-corrected chi connectivity index (χ2v) is 21.6. The molecule has 0 radical (unpaired) electrons. The normalized spacial score (nSPS) is 11.9. The number of sulfonamides is 1. The van der Waals surface area contributed by atoms with Crippen molar-refractivity contribution in [1.82, 2.24) is 39.9 Å². The fourth-order valence-corrected chi connectivity index (χ4v) is 8.53. The molecular formula is C45H36N10O12S4Zn. The molecule has 8 bridgehead atoms. The van der Waals surface area contributed by atoms with Crippen molar-refractivity contribution in [3.05, 3.63) is 121 Å². The third-order valence-corrected chi connectivity index (χ3v) is 11.5. The van der Waals surface area contributed by atoms with E-state index in [0.29, 0.717) is 58.4 Å². The molecule has 0 atom stereocenters. The number of nitrogens with two attached hydrogens (primary N) is 1. The third-order valence-electron chi connectivity index (χ3n) is 10.0. The third kappa shape index (κ3) is 12.0. The van der Waals surface area contributed by atoms with Gasteiger partial charge in [0.2, 0.25) is 10.0 Å². The summed E-state index contributed by atoms with van der Waals surface area (Å²) in [5.74, 6) is 1.70. The molecule has 5 heterocycles. The van der Waals surface area contributed by atoms with E-state index in [4.69, 9.17) is 59.3 Å². The van der Waals surface area contributed by atoms with Gasteiger partial charge in [-0.05, 0) is 51.2 Å². The van der Waals surface area contributed by atoms with Crippen LogP contribution in [0.15, 0.2) is 126 Å². The van der Waals surface area contributed by atoms with Crippen molar-refractivity contribution in [1.29, 1.82) is 0 Å². The van der Waals surface area contributed by atoms with Crippen molar-refractivity contribution in [2.24, 2.45) is 0 Å². The predicted octanol–water partition coefficient (Wildman–Crippen LogP) is 5.88. The maximum atomic E-state index is 11.2. The van der Waals surface area contributed by atoms with Crippen LogP contribution in [0.4, 0.5) is 11.4 Å². The molecule has 2 aliphatic heterocycles. The molecule has 3 aromatic heterocycles. The van der Waals surface area contributed by atoms with Crippen LogP contribution >= 0.6 is 0 Å². The van der Waals surface area contributed by atoms with Gasteiger partial charge in [-0.1, -0.05) is 97.1 Å². The molecule has 27 heteroatoms. The predicted molar refractivity (Wildman–Crippen MR) is 267 cm³/mol. The number of rotatable bonds is 3. The molecule has 0 fully saturated rings. The summed E-state index contributed by atoms with van der Waals surface area (Å²) >= 11 is 0. The molecule has 0 amide bonds. The Bertz CT molecular complexity index is 3920. The minimum atomic E-state index is -4.62. The maximum absolute atomic E-state index is 11.2. The molecular weight excluding hydrogens is 1070 g/mol. The van der Waals surface area contributed by atoms with E-state index in [-0.39, 0.29) is 35.9 Å². The zero-order valence-corrected chi connectivity index (χ0v) is 43.8. The van der Waals surface area contributed by atoms with Crippen LogP contribution in [0.2, 0.25) is 0 Å². The summed E-state index contributed by atoms with van der Waals surface area (Å²) in [6.45, 7) is 0. The number of nitrogens with zero attached hydrogens (tertiary/aromatic N) is 8. The maximum Gasteiger partial charge on any atom is 2.00 e. The summed E-state index contributed by atoms with van der Waals surface area (Å²) in [6.07, 6.45) is 2.39. The number of hydrogen-bond acceptors (Lipinski definition) is 16. The largest absolute Gasteiger partial charge is 2.00 e. The van der Waals surface area contributed by atoms with Gasteiger partial charge >= 0.3 is 19.5 Å². The van der Waals surface area contributed by atoms with Gasteiger partial charge in [-0.2, -0.15) is 25.3 Å². The number of nitrogens with one attached hydrogen (secondary N) is 1. The minimum Gasteiger partial charge on any atom is -0.505 e. The summed E-state index contributed by atoms with van der Waals surface area (Å²) < 4.78 is 108. The molecule has 0 spiro atoms. The molecule has 6 aromatic carbocycles. The van der Waals surface area contributed by atoms with Gasteiger partial charge in [0, 0.05) is 55.9 Å². The molecule has 0 unspecified atom stereocenters. The Morgan fingerprint density at radius 2 is 0.792 bits per heavy atom. The average Bonchev–Trinajstić information content (AvgIpc) is 4.02. The van der Waals surface area contributed by atoms with E-state index in [2.05, 4.69) is 4.72 Å². The monoisotopic (exact) mass is 1100 g/mol. The summed E-state index contributed by atoms with van der Waals surface area (Å²) in [7, 11) is -15.5. The quantitative estimate of drug-likeness (QED) is 0.0520. The first-order chi connectivity index (χ1) is 33.3. The number of aromatic hydroxyl groups is 1. The molecule has 72 heavy (non-hydrogen) atoms. The summed E-state index contributed by atoms with van der Waals surface area (Å²) in [4.78, 5) is 38.6. The zero-order valence-electron chi connectivity index (χ0n) is 37.6. The van der Waals surface area contributed by atoms with Crippen LogP contribution in [0.5, 0.6) is 5.75 Å². The van der Waals surface area contributed by atoms with Crippen LogP contribution in [0.1, 0.15) is 0 Å². The Morgan fingerprint density at radius 1 is 0.472 bits per heavy atom. The molecule has 22 nitrogen and oxygen atoms in total. The topological polar surface area (TPSA) is 361 Å². The fraction of sp³-hybridized carbons (Fsp3) is 0.0667. The Balaban J connectivity index is 0.000000200. The van der Waals surface area contributed by atoms with Gasteiger partial charge < -0.3 is 40.7 Å². The van der Waals surface area contributed by atoms with Gasteiger partial charge in [0.25, 0.3) is 30.4 Å². The average molecular weight is 1100 g/mol. The van der Waals surface area contributed by atoms with Gasteiger partial charge in [0.15, 0.2) is 0 Å². The van der Waals surface area contributed by atoms with Crippen molar-refractivity contribution < 1.29 is 71.9 Å². The van der Waals surface area contributed by atoms with E-state index in [0.717, 1.165) is 56.1 Å². The summed E-state index contributed by atoms with van der Waals surface area (Å²) in [5, 5.41) is 13.9. The number of phenolic OH excluding ortho intramolecular Hbond substituents is 1. The van der Waals surface area contributed by atoms with E-state index in [9.17, 15) is 38.8 Å². The number of benzene rings is 6. The van der Waals surface area contributed by atoms with Crippen LogP contribution in [-0.2, 0) is 59.9 Å². The Hall–Kier alpha value is -7.36. The number of nitrogen functional groups attached to an aromatic ring is 1. The van der Waals surface area contributed by atoms with Gasteiger partial charge in [-0.25, -0.2) is 18.4 Å². The van der Waals surface area contributed by atoms with Gasteiger partial charge in [-0.3, -0.25) is 18.4 Å². The van der Waals surface area contributed by atoms with Crippen molar-refractivity contribution in [2.45, 2.75) is 4.90 Å². The Morgan fingerprint density at radius 3 is 1.10 bits per heavy atom. The van der Waals surface area contributed by atoms with E-state index in [1.807, 2.05) is 97.1 Å². The summed E-state index contributed by atoms with van der Waals surface area (Å²) in [5.41, 5.74) is 11.0. The van der Waals surface area contributed by atoms with Crippen LogP contribution in [0.3, 0.4) is 0 Å². The molecule has 364 valence electrons. The molecule has 0 saturated carbocycles. The first-order valence-electron chi connectivity index (χ1n) is 20.2. The van der Waals surface area contributed by atoms with Crippen LogP contribution in [0, 0.1) is 0 Å². The smallest absolute Gasteiger partial charge is 0.505 e. The van der Waals surface area contributed by atoms with E-state index in [1.165, 1.54) is 18.2 Å². The second kappa shape index (κ2) is 20.0. The van der Waals surface area contributed by atoms with Crippen molar-refractivity contribution in [2.75, 3.05) is 29.2 Å². The minimum absolute atomic E-state index is 0. The van der Waals surface area contributed by atoms with Crippen LogP contribution in [0.25, 0.3) is 100 Å². The molecule has 0 saturated heterocycles. The SMILES string of the molecule is CS(=O)(=O)Nc1ccc2c(O)c(N)c(S(=O)(=O)O)cc2c1.CS(=O)(=O)O.CS(=O)(=O)O.[Zn+2].c1ccc2c(c1)-c1nc-2nc2[n-]c(nc3nc(nc4[n-]c(n1)c1ccccc41)-c1ccccc1-3)c1ccccc21. The van der Waals surface area contributed by atoms with E-state index < -0.39 is 56.7 Å². The van der Waals surface area contributed by atoms with Crippen molar-refractivity contribution in [3.63, 3.8) is 0 Å². The van der Waals surface area contributed by atoms with Crippen molar-refractivity contribution in [3.8, 4) is 51.3 Å². The molecule has 11 rings (SSSR count). The molecule has 2 aliphatic rings. The number of fused-ring (bicyclic) bond motifs is 21. The van der Waals surface area contributed by atoms with Crippen LogP contribution < -0.4 is 20.4 Å². The number of hydrogen-bond donors (Lipinski definition) is 6. The first-order valence-corrected chi connectivity index (χ1v) is 27.3. The standard InChI is InChI=1S/C32H16N8.C11H12N2O6S2.2CH4O3S.Zn/c1-2-10-18-17(9-1)25-33-26(18)38-28-21-13-5-6-14-22(21)30(35-28)40-32-24-16-8-7-15-23(24)31(36-32)39-29-20-12-4-3-11-19(20)27(34-29)37-25;1-20(15,16)13-7-2-3-8-6(4-7)5-9(21(17,18)19)10(12)11(8)14;2*1-5(2,3)4;/h1-16H;2-5,13-14H,12H2,1H3,(H,17,18,19);2*1H3,(H,2,3,4);/q-2;;;;+2. The first kappa shape index (κ1) is 52.5. The van der Waals surface area contributed by atoms with E-state index >= 15 is 0 Å². The Labute approximate surface area is 422 Å². The number of phenols is 1. The van der Waals surface area contributed by atoms with Gasteiger partial charge in [0.05, 0.1) is 47.8 Å². The summed E-state index contributed by atoms with van der Waals surface area (Å²) in [6, 6.07) is 37.0. The van der Waals surface area contributed by atoms with E-state index in [1.54, 1.807) is 0 Å².